The lowest BCUT2D eigenvalue weighted by molar-refractivity contribution is -0.170. The summed E-state index contributed by atoms with van der Waals surface area (Å²) in [6, 6.07) is 0. The molecule has 5 nitrogen and oxygen atoms in total. The molecule has 0 aromatic rings. The Bertz CT molecular complexity index is 430. The van der Waals surface area contributed by atoms with Crippen LogP contribution in [0, 0.1) is 0 Å². The van der Waals surface area contributed by atoms with Crippen molar-refractivity contribution in [1.82, 2.24) is 0 Å². The van der Waals surface area contributed by atoms with E-state index in [2.05, 4.69) is 6.92 Å². The van der Waals surface area contributed by atoms with Gasteiger partial charge in [-0.3, -0.25) is 0 Å². The van der Waals surface area contributed by atoms with Gasteiger partial charge in [0.2, 0.25) is 5.79 Å². The summed E-state index contributed by atoms with van der Waals surface area (Å²) in [6.45, 7) is 2.70. The Morgan fingerprint density at radius 2 is 2.10 bits per heavy atom. The molecular formula is C15H22O5. The number of aliphatic hydroxyl groups excluding tert-OH is 1. The fourth-order valence-corrected chi connectivity index (χ4v) is 3.31. The van der Waals surface area contributed by atoms with Gasteiger partial charge in [-0.15, -0.1) is 0 Å². The lowest BCUT2D eigenvalue weighted by atomic mass is 9.90. The van der Waals surface area contributed by atoms with Crippen LogP contribution in [0.5, 0.6) is 0 Å². The molecule has 20 heavy (non-hydrogen) atoms. The maximum absolute atomic E-state index is 11.9. The van der Waals surface area contributed by atoms with Gasteiger partial charge in [-0.25, -0.2) is 4.79 Å². The summed E-state index contributed by atoms with van der Waals surface area (Å²) in [5.41, 5.74) is 1.09. The first kappa shape index (κ1) is 14.0. The number of rotatable bonds is 6. The zero-order valence-electron chi connectivity index (χ0n) is 11.9. The molecule has 1 fully saturated rings. The molecule has 0 aromatic heterocycles. The van der Waals surface area contributed by atoms with Crippen molar-refractivity contribution in [2.45, 2.75) is 63.4 Å². The van der Waals surface area contributed by atoms with Crippen molar-refractivity contribution in [3.05, 3.63) is 11.1 Å². The Hall–Kier alpha value is -0.910. The lowest BCUT2D eigenvalue weighted by Gasteiger charge is -2.33. The van der Waals surface area contributed by atoms with Gasteiger partial charge in [-0.1, -0.05) is 32.6 Å². The molecule has 0 spiro atoms. The minimum atomic E-state index is -0.959. The fraction of sp³-hybridized carbons (Fsp3) is 0.800. The molecule has 112 valence electrons. The summed E-state index contributed by atoms with van der Waals surface area (Å²) in [5.74, 6) is -1.35. The third-order valence-electron chi connectivity index (χ3n) is 4.41. The second kappa shape index (κ2) is 5.47. The second-order valence-corrected chi connectivity index (χ2v) is 5.81. The van der Waals surface area contributed by atoms with Gasteiger partial charge >= 0.3 is 5.97 Å². The molecule has 1 N–H and O–H groups in total. The number of hydrogen-bond acceptors (Lipinski definition) is 5. The van der Waals surface area contributed by atoms with Crippen molar-refractivity contribution in [2.24, 2.45) is 0 Å². The van der Waals surface area contributed by atoms with E-state index in [0.717, 1.165) is 12.8 Å². The van der Waals surface area contributed by atoms with Crippen molar-refractivity contribution in [3.63, 3.8) is 0 Å². The molecule has 0 saturated carbocycles. The molecular weight excluding hydrogens is 260 g/mol. The van der Waals surface area contributed by atoms with Gasteiger partial charge in [0, 0.05) is 12.0 Å². The van der Waals surface area contributed by atoms with Crippen LogP contribution in [0.2, 0.25) is 0 Å². The largest absolute Gasteiger partial charge is 0.458 e. The highest BCUT2D eigenvalue weighted by Gasteiger charge is 2.57. The van der Waals surface area contributed by atoms with E-state index in [9.17, 15) is 9.90 Å². The molecule has 3 rings (SSSR count). The van der Waals surface area contributed by atoms with Crippen LogP contribution in [-0.2, 0) is 19.0 Å². The number of carbonyl (C=O) groups excluding carboxylic acids is 1. The number of ether oxygens (including phenoxy) is 3. The third kappa shape index (κ3) is 2.18. The molecule has 1 saturated heterocycles. The van der Waals surface area contributed by atoms with E-state index in [4.69, 9.17) is 14.2 Å². The molecule has 0 aliphatic carbocycles. The summed E-state index contributed by atoms with van der Waals surface area (Å²) in [6.07, 6.45) is 5.20. The van der Waals surface area contributed by atoms with Crippen LogP contribution >= 0.6 is 0 Å². The van der Waals surface area contributed by atoms with Gasteiger partial charge < -0.3 is 19.3 Å². The minimum Gasteiger partial charge on any atom is -0.458 e. The topological polar surface area (TPSA) is 65.0 Å². The fourth-order valence-electron chi connectivity index (χ4n) is 3.31. The Morgan fingerprint density at radius 1 is 1.30 bits per heavy atom. The maximum atomic E-state index is 11.9. The average molecular weight is 282 g/mol. The molecule has 5 heteroatoms. The molecule has 3 heterocycles. The normalized spacial score (nSPS) is 35.4. The van der Waals surface area contributed by atoms with Crippen LogP contribution in [-0.4, -0.2) is 42.3 Å². The quantitative estimate of drug-likeness (QED) is 0.593. The first-order valence-electron chi connectivity index (χ1n) is 7.58. The molecule has 3 atom stereocenters. The van der Waals surface area contributed by atoms with Crippen molar-refractivity contribution < 1.29 is 24.1 Å². The van der Waals surface area contributed by atoms with Gasteiger partial charge in [0.25, 0.3) is 0 Å². The summed E-state index contributed by atoms with van der Waals surface area (Å²) in [7, 11) is 0. The molecule has 0 amide bonds. The standard InChI is InChI=1S/C15H22O5/c1-2-3-4-5-6-7-15-12-10(8-18-14(12)17)13(16)11(20-15)9-19-15/h11,13,16H,2-9H2,1H3/t11-,13-,15-/m1/s1. The van der Waals surface area contributed by atoms with Crippen molar-refractivity contribution >= 4 is 5.97 Å². The predicted molar refractivity (Wildman–Crippen MR) is 70.9 cm³/mol. The lowest BCUT2D eigenvalue weighted by Crippen LogP contribution is -2.44. The number of esters is 1. The molecule has 2 bridgehead atoms. The van der Waals surface area contributed by atoms with Crippen LogP contribution in [0.15, 0.2) is 11.1 Å². The van der Waals surface area contributed by atoms with Gasteiger partial charge in [0.05, 0.1) is 6.61 Å². The van der Waals surface area contributed by atoms with Gasteiger partial charge in [-0.2, -0.15) is 0 Å². The van der Waals surface area contributed by atoms with E-state index < -0.39 is 17.9 Å². The number of fused-ring (bicyclic) bond motifs is 3. The Labute approximate surface area is 118 Å². The van der Waals surface area contributed by atoms with E-state index in [-0.39, 0.29) is 12.7 Å². The van der Waals surface area contributed by atoms with Gasteiger partial charge in [-0.05, 0) is 6.42 Å². The smallest absolute Gasteiger partial charge is 0.340 e. The van der Waals surface area contributed by atoms with Crippen molar-refractivity contribution in [2.75, 3.05) is 13.2 Å². The number of hydrogen-bond donors (Lipinski definition) is 1. The molecule has 0 aromatic carbocycles. The Kier molecular flexibility index (Phi) is 3.84. The van der Waals surface area contributed by atoms with Crippen LogP contribution in [0.25, 0.3) is 0 Å². The summed E-state index contributed by atoms with van der Waals surface area (Å²) in [4.78, 5) is 11.9. The van der Waals surface area contributed by atoms with Crippen LogP contribution in [0.4, 0.5) is 0 Å². The first-order valence-corrected chi connectivity index (χ1v) is 7.58. The summed E-state index contributed by atoms with van der Waals surface area (Å²) in [5, 5.41) is 10.1. The van der Waals surface area contributed by atoms with E-state index in [0.29, 0.717) is 24.2 Å². The van der Waals surface area contributed by atoms with E-state index in [1.807, 2.05) is 0 Å². The highest BCUT2D eigenvalue weighted by Crippen LogP contribution is 2.46. The Morgan fingerprint density at radius 3 is 2.90 bits per heavy atom. The monoisotopic (exact) mass is 282 g/mol. The van der Waals surface area contributed by atoms with Crippen LogP contribution < -0.4 is 0 Å². The Balaban J connectivity index is 1.72. The highest BCUT2D eigenvalue weighted by atomic mass is 16.8. The number of carbonyl (C=O) groups is 1. The van der Waals surface area contributed by atoms with Crippen molar-refractivity contribution in [1.29, 1.82) is 0 Å². The molecule has 0 unspecified atom stereocenters. The average Bonchev–Trinajstić information content (AvgIpc) is 3.00. The number of unbranched alkanes of at least 4 members (excludes halogenated alkanes) is 4. The minimum absolute atomic E-state index is 0.177. The zero-order chi connectivity index (χ0) is 14.2. The third-order valence-corrected chi connectivity index (χ3v) is 4.41. The molecule has 3 aliphatic rings. The van der Waals surface area contributed by atoms with Gasteiger partial charge in [0.15, 0.2) is 0 Å². The molecule has 0 radical (unpaired) electrons. The van der Waals surface area contributed by atoms with E-state index >= 15 is 0 Å². The molecule has 3 aliphatic heterocycles. The number of aliphatic hydroxyl groups is 1. The van der Waals surface area contributed by atoms with Crippen LogP contribution in [0.1, 0.15) is 45.4 Å². The van der Waals surface area contributed by atoms with Crippen molar-refractivity contribution in [3.8, 4) is 0 Å². The highest BCUT2D eigenvalue weighted by molar-refractivity contribution is 5.94. The summed E-state index contributed by atoms with van der Waals surface area (Å²) >= 11 is 0. The van der Waals surface area contributed by atoms with E-state index in [1.165, 1.54) is 19.3 Å². The summed E-state index contributed by atoms with van der Waals surface area (Å²) < 4.78 is 16.7. The second-order valence-electron chi connectivity index (χ2n) is 5.81. The van der Waals surface area contributed by atoms with Crippen LogP contribution in [0.3, 0.4) is 0 Å². The predicted octanol–water partition coefficient (Wildman–Crippen LogP) is 1.69. The van der Waals surface area contributed by atoms with E-state index in [1.54, 1.807) is 0 Å². The first-order chi connectivity index (χ1) is 9.68. The zero-order valence-corrected chi connectivity index (χ0v) is 11.9. The SMILES string of the molecule is CCCCCCC[C@@]12OC[C@@H](O1)[C@H](O)C1=C2C(=O)OC1. The maximum Gasteiger partial charge on any atom is 0.340 e. The number of cyclic esters (lactones) is 1. The van der Waals surface area contributed by atoms with Gasteiger partial charge in [0.1, 0.15) is 24.4 Å².